The van der Waals surface area contributed by atoms with E-state index in [9.17, 15) is 66.4 Å². The number of aliphatic hydroxyl groups is 3. The Bertz CT molecular complexity index is 2840. The number of hydrogen-bond acceptors (Lipinski definition) is 17. The monoisotopic (exact) mass is 848 g/mol. The standard InChI is InChI=1S/C45H36O17/c46-19-5-1-16(2-6-19)41-39(57)37(34-28(54)14-24(50)21-13-30(56)40(59-42(21)34)17-3-7-22(48)25(51)9-17)35-29(55)15-32-36(43(35)60-41)38-33-27(53)11-20(47)12-31(33)61-45(62-32,44(38)58)18-4-8-23(49)26(52)10-18/h1-12,14-15,30,37-41,44,46-58H,13H2/t30-,37+,38-,39-,40-,41-,44-,45+/m1/s1. The maximum atomic E-state index is 12.5. The number of aliphatic hydroxyl groups excluding tert-OH is 3. The number of rotatable bonds is 4. The molecule has 6 aromatic carbocycles. The molecule has 0 aromatic heterocycles. The number of hydrogen-bond donors (Lipinski definition) is 13. The molecule has 4 aliphatic heterocycles. The van der Waals surface area contributed by atoms with Gasteiger partial charge in [-0.05, 0) is 53.6 Å². The van der Waals surface area contributed by atoms with E-state index in [2.05, 4.69) is 0 Å². The van der Waals surface area contributed by atoms with E-state index in [1.165, 1.54) is 48.5 Å². The molecule has 0 radical (unpaired) electrons. The van der Waals surface area contributed by atoms with E-state index in [4.69, 9.17) is 18.9 Å². The van der Waals surface area contributed by atoms with Crippen molar-refractivity contribution in [2.24, 2.45) is 0 Å². The van der Waals surface area contributed by atoms with Crippen LogP contribution in [0.25, 0.3) is 0 Å². The topological polar surface area (TPSA) is 300 Å². The van der Waals surface area contributed by atoms with Gasteiger partial charge in [-0.25, -0.2) is 0 Å². The van der Waals surface area contributed by atoms with Gasteiger partial charge < -0.3 is 85.3 Å². The van der Waals surface area contributed by atoms with Crippen LogP contribution < -0.4 is 18.9 Å². The molecule has 0 spiro atoms. The van der Waals surface area contributed by atoms with Crippen molar-refractivity contribution in [3.05, 3.63) is 129 Å². The molecule has 62 heavy (non-hydrogen) atoms. The number of benzene rings is 6. The Morgan fingerprint density at radius 1 is 0.452 bits per heavy atom. The number of aromatic hydroxyl groups is 10. The molecule has 4 heterocycles. The van der Waals surface area contributed by atoms with Crippen LogP contribution >= 0.6 is 0 Å². The summed E-state index contributed by atoms with van der Waals surface area (Å²) in [6.07, 6.45) is -7.87. The summed E-state index contributed by atoms with van der Waals surface area (Å²) in [6.45, 7) is 0. The first-order chi connectivity index (χ1) is 29.6. The predicted octanol–water partition coefficient (Wildman–Crippen LogP) is 4.54. The molecule has 2 bridgehead atoms. The molecule has 13 N–H and O–H groups in total. The van der Waals surface area contributed by atoms with Crippen molar-refractivity contribution in [3.8, 4) is 80.5 Å². The molecule has 6 aromatic rings. The lowest BCUT2D eigenvalue weighted by Gasteiger charge is -2.51. The van der Waals surface area contributed by atoms with Crippen molar-refractivity contribution < 1.29 is 85.3 Å². The van der Waals surface area contributed by atoms with Gasteiger partial charge in [-0.3, -0.25) is 0 Å². The summed E-state index contributed by atoms with van der Waals surface area (Å²) in [5.74, 6) is -10.9. The van der Waals surface area contributed by atoms with Gasteiger partial charge in [-0.2, -0.15) is 0 Å². The minimum absolute atomic E-state index is 0.00667. The third-order valence-corrected chi connectivity index (χ3v) is 12.1. The van der Waals surface area contributed by atoms with Gasteiger partial charge in [0.15, 0.2) is 29.1 Å². The summed E-state index contributed by atoms with van der Waals surface area (Å²) in [5, 5.41) is 145. The molecule has 0 amide bonds. The average Bonchev–Trinajstić information content (AvgIpc) is 3.21. The second-order valence-corrected chi connectivity index (χ2v) is 15.7. The number of phenolic OH excluding ortho intramolecular Hbond substituents is 10. The van der Waals surface area contributed by atoms with Gasteiger partial charge in [0.2, 0.25) is 0 Å². The molecule has 0 saturated carbocycles. The van der Waals surface area contributed by atoms with Gasteiger partial charge in [0.25, 0.3) is 0 Å². The van der Waals surface area contributed by atoms with Crippen LogP contribution in [0.2, 0.25) is 0 Å². The van der Waals surface area contributed by atoms with Crippen LogP contribution in [0.4, 0.5) is 0 Å². The van der Waals surface area contributed by atoms with Crippen LogP contribution in [0.15, 0.2) is 84.9 Å². The van der Waals surface area contributed by atoms with Gasteiger partial charge in [0.1, 0.15) is 75.8 Å². The maximum absolute atomic E-state index is 12.5. The van der Waals surface area contributed by atoms with E-state index >= 15 is 0 Å². The Morgan fingerprint density at radius 2 is 1.05 bits per heavy atom. The highest BCUT2D eigenvalue weighted by Crippen LogP contribution is 2.65. The van der Waals surface area contributed by atoms with Crippen molar-refractivity contribution in [2.45, 2.75) is 54.6 Å². The lowest BCUT2D eigenvalue weighted by Crippen LogP contribution is -2.57. The quantitative estimate of drug-likeness (QED) is 0.108. The highest BCUT2D eigenvalue weighted by atomic mass is 16.7. The molecule has 4 aliphatic rings. The minimum Gasteiger partial charge on any atom is -0.508 e. The van der Waals surface area contributed by atoms with Crippen molar-refractivity contribution in [1.82, 2.24) is 0 Å². The van der Waals surface area contributed by atoms with Crippen molar-refractivity contribution >= 4 is 0 Å². The largest absolute Gasteiger partial charge is 0.508 e. The minimum atomic E-state index is -2.28. The van der Waals surface area contributed by atoms with Gasteiger partial charge in [-0.15, -0.1) is 0 Å². The smallest absolute Gasteiger partial charge is 0.305 e. The fourth-order valence-electron chi connectivity index (χ4n) is 9.27. The second-order valence-electron chi connectivity index (χ2n) is 15.7. The predicted molar refractivity (Wildman–Crippen MR) is 210 cm³/mol. The first kappa shape index (κ1) is 38.6. The van der Waals surface area contributed by atoms with Crippen LogP contribution in [-0.2, 0) is 12.2 Å². The first-order valence-electron chi connectivity index (χ1n) is 19.2. The van der Waals surface area contributed by atoms with E-state index in [0.717, 1.165) is 36.4 Å². The summed E-state index contributed by atoms with van der Waals surface area (Å²) in [4.78, 5) is 0. The van der Waals surface area contributed by atoms with E-state index < -0.39 is 99.9 Å². The van der Waals surface area contributed by atoms with Crippen LogP contribution in [0.3, 0.4) is 0 Å². The fraction of sp³-hybridized carbons (Fsp3) is 0.200. The summed E-state index contributed by atoms with van der Waals surface area (Å²) >= 11 is 0. The van der Waals surface area contributed by atoms with Gasteiger partial charge in [-0.1, -0.05) is 18.2 Å². The van der Waals surface area contributed by atoms with E-state index in [1.807, 2.05) is 0 Å². The van der Waals surface area contributed by atoms with E-state index in [0.29, 0.717) is 0 Å². The Labute approximate surface area is 349 Å². The third-order valence-electron chi connectivity index (χ3n) is 12.1. The second kappa shape index (κ2) is 13.5. The molecule has 318 valence electrons. The molecule has 0 aliphatic carbocycles. The van der Waals surface area contributed by atoms with Gasteiger partial charge in [0.05, 0.1) is 17.9 Å². The molecule has 17 nitrogen and oxygen atoms in total. The Kier molecular flexibility index (Phi) is 8.37. The van der Waals surface area contributed by atoms with Crippen molar-refractivity contribution in [2.75, 3.05) is 0 Å². The zero-order valence-corrected chi connectivity index (χ0v) is 31.8. The summed E-state index contributed by atoms with van der Waals surface area (Å²) in [6, 6.07) is 17.1. The zero-order chi connectivity index (χ0) is 43.7. The molecule has 17 heteroatoms. The molecular formula is C45H36O17. The Hall–Kier alpha value is -7.60. The lowest BCUT2D eigenvalue weighted by atomic mass is 9.71. The Balaban J connectivity index is 1.24. The molecular weight excluding hydrogens is 812 g/mol. The number of phenols is 10. The first-order valence-corrected chi connectivity index (χ1v) is 19.2. The number of ether oxygens (including phenoxy) is 4. The molecule has 8 atom stereocenters. The van der Waals surface area contributed by atoms with E-state index in [-0.39, 0.29) is 79.7 Å². The highest BCUT2D eigenvalue weighted by molar-refractivity contribution is 5.72. The molecule has 0 unspecified atom stereocenters. The zero-order valence-electron chi connectivity index (χ0n) is 31.8. The maximum Gasteiger partial charge on any atom is 0.305 e. The third kappa shape index (κ3) is 5.52. The molecule has 0 saturated heterocycles. The highest BCUT2D eigenvalue weighted by Gasteiger charge is 2.61. The summed E-state index contributed by atoms with van der Waals surface area (Å²) in [7, 11) is 0. The SMILES string of the molecule is Oc1ccc([C@H]2Oc3c(c(O)cc4c3[C@H]3c5c(O)cc(O)cc5O[C@@](c5ccc(O)c(O)c5)(O4)[C@@H]3O)[C@H](c3c(O)cc(O)c4c3O[C@H](c3ccc(O)c(O)c3)[C@H](O)C4)[C@H]2O)cc1. The molecule has 0 fully saturated rings. The van der Waals surface area contributed by atoms with Gasteiger partial charge in [0, 0.05) is 64.1 Å². The van der Waals surface area contributed by atoms with Crippen LogP contribution in [0, 0.1) is 0 Å². The van der Waals surface area contributed by atoms with Gasteiger partial charge >= 0.3 is 5.79 Å². The molecule has 10 rings (SSSR count). The normalized spacial score (nSPS) is 25.4. The summed E-state index contributed by atoms with van der Waals surface area (Å²) in [5.41, 5.74) is -0.0338. The Morgan fingerprint density at radius 3 is 1.74 bits per heavy atom. The summed E-state index contributed by atoms with van der Waals surface area (Å²) < 4.78 is 25.8. The van der Waals surface area contributed by atoms with Crippen LogP contribution in [0.1, 0.15) is 68.6 Å². The number of fused-ring (bicyclic) bond motifs is 9. The lowest BCUT2D eigenvalue weighted by molar-refractivity contribution is -0.219. The van der Waals surface area contributed by atoms with E-state index in [1.54, 1.807) is 0 Å². The fourth-order valence-corrected chi connectivity index (χ4v) is 9.27. The van der Waals surface area contributed by atoms with Crippen molar-refractivity contribution in [1.29, 1.82) is 0 Å². The van der Waals surface area contributed by atoms with Crippen LogP contribution in [0.5, 0.6) is 80.5 Å². The van der Waals surface area contributed by atoms with Crippen molar-refractivity contribution in [3.63, 3.8) is 0 Å². The average molecular weight is 849 g/mol. The van der Waals surface area contributed by atoms with Crippen LogP contribution in [-0.4, -0.2) is 84.7 Å².